The summed E-state index contributed by atoms with van der Waals surface area (Å²) in [5, 5.41) is 5.50. The van der Waals surface area contributed by atoms with E-state index >= 15 is 0 Å². The molecule has 2 rings (SSSR count). The normalized spacial score (nSPS) is 12.4. The number of sulfonamides is 1. The molecule has 0 aliphatic heterocycles. The van der Waals surface area contributed by atoms with Gasteiger partial charge in [0.05, 0.1) is 4.90 Å². The summed E-state index contributed by atoms with van der Waals surface area (Å²) in [6.45, 7) is 6.32. The van der Waals surface area contributed by atoms with Crippen LogP contribution in [0.5, 0.6) is 0 Å². The average Bonchev–Trinajstić information content (AvgIpc) is 2.70. The SMILES string of the molecule is CC(=O)Nc1ccc(S(=O)(=O)NC(=O)[C@H](CSc2ccc(Cl)cc2)NC(=O)OC(C)(C)C)cc1. The molecule has 0 saturated heterocycles. The Morgan fingerprint density at radius 3 is 2.15 bits per heavy atom. The quantitative estimate of drug-likeness (QED) is 0.445. The number of hydrogen-bond acceptors (Lipinski definition) is 7. The lowest BCUT2D eigenvalue weighted by molar-refractivity contribution is -0.121. The molecule has 0 unspecified atom stereocenters. The molecule has 0 saturated carbocycles. The van der Waals surface area contributed by atoms with Crippen LogP contribution in [0.1, 0.15) is 27.7 Å². The molecule has 3 amide bonds. The standard InChI is InChI=1S/C22H26ClN3O6S2/c1-14(27)24-16-7-11-18(12-8-16)34(30,31)26-20(28)19(25-21(29)32-22(2,3)4)13-33-17-9-5-15(23)6-10-17/h5-12,19H,13H2,1-4H3,(H,24,27)(H,25,29)(H,26,28)/t19-/m0/s1. The van der Waals surface area contributed by atoms with Gasteiger partial charge in [0.1, 0.15) is 11.6 Å². The third-order valence-corrected chi connectivity index (χ3v) is 6.68. The summed E-state index contributed by atoms with van der Waals surface area (Å²) >= 11 is 7.12. The van der Waals surface area contributed by atoms with E-state index in [0.29, 0.717) is 10.7 Å². The smallest absolute Gasteiger partial charge is 0.408 e. The summed E-state index contributed by atoms with van der Waals surface area (Å²) in [5.74, 6) is -1.21. The first kappa shape index (κ1) is 27.5. The van der Waals surface area contributed by atoms with Crippen molar-refractivity contribution in [3.8, 4) is 0 Å². The van der Waals surface area contributed by atoms with E-state index in [0.717, 1.165) is 4.90 Å². The Morgan fingerprint density at radius 1 is 1.03 bits per heavy atom. The van der Waals surface area contributed by atoms with E-state index in [1.165, 1.54) is 43.0 Å². The summed E-state index contributed by atoms with van der Waals surface area (Å²) in [5.41, 5.74) is -0.405. The highest BCUT2D eigenvalue weighted by molar-refractivity contribution is 7.99. The predicted molar refractivity (Wildman–Crippen MR) is 131 cm³/mol. The number of halogens is 1. The van der Waals surface area contributed by atoms with E-state index in [1.54, 1.807) is 45.0 Å². The predicted octanol–water partition coefficient (Wildman–Crippen LogP) is 3.79. The number of alkyl carbamates (subject to hydrolysis) is 1. The van der Waals surface area contributed by atoms with Gasteiger partial charge in [0.15, 0.2) is 0 Å². The Labute approximate surface area is 208 Å². The zero-order valence-electron chi connectivity index (χ0n) is 19.0. The van der Waals surface area contributed by atoms with Crippen LogP contribution < -0.4 is 15.4 Å². The molecule has 3 N–H and O–H groups in total. The number of amides is 3. The molecule has 12 heteroatoms. The second kappa shape index (κ2) is 11.6. The molecule has 2 aromatic carbocycles. The Balaban J connectivity index is 2.16. The Hall–Kier alpha value is -2.76. The molecule has 0 heterocycles. The molecule has 2 aromatic rings. The van der Waals surface area contributed by atoms with Crippen LogP contribution in [-0.4, -0.2) is 43.7 Å². The maximum atomic E-state index is 12.9. The molecule has 0 aliphatic carbocycles. The second-order valence-electron chi connectivity index (χ2n) is 8.14. The second-order valence-corrected chi connectivity index (χ2v) is 11.4. The summed E-state index contributed by atoms with van der Waals surface area (Å²) in [6.07, 6.45) is -0.860. The Morgan fingerprint density at radius 2 is 1.62 bits per heavy atom. The zero-order valence-corrected chi connectivity index (χ0v) is 21.4. The molecule has 184 valence electrons. The molecular weight excluding hydrogens is 502 g/mol. The van der Waals surface area contributed by atoms with Gasteiger partial charge in [0.2, 0.25) is 5.91 Å². The van der Waals surface area contributed by atoms with Gasteiger partial charge in [-0.3, -0.25) is 9.59 Å². The monoisotopic (exact) mass is 527 g/mol. The summed E-state index contributed by atoms with van der Waals surface area (Å²) in [6, 6.07) is 10.9. The van der Waals surface area contributed by atoms with E-state index in [-0.39, 0.29) is 16.6 Å². The highest BCUT2D eigenvalue weighted by Crippen LogP contribution is 2.22. The van der Waals surface area contributed by atoms with E-state index < -0.39 is 33.7 Å². The molecule has 1 atom stereocenters. The van der Waals surface area contributed by atoms with Crippen LogP contribution >= 0.6 is 23.4 Å². The van der Waals surface area contributed by atoms with Gasteiger partial charge in [-0.2, -0.15) is 0 Å². The van der Waals surface area contributed by atoms with E-state index in [1.807, 2.05) is 4.72 Å². The van der Waals surface area contributed by atoms with Gasteiger partial charge in [0, 0.05) is 28.3 Å². The van der Waals surface area contributed by atoms with Crippen molar-refractivity contribution < 1.29 is 27.5 Å². The van der Waals surface area contributed by atoms with Gasteiger partial charge in [-0.15, -0.1) is 11.8 Å². The summed E-state index contributed by atoms with van der Waals surface area (Å²) in [7, 11) is -4.24. The number of hydrogen-bond donors (Lipinski definition) is 3. The molecule has 34 heavy (non-hydrogen) atoms. The van der Waals surface area contributed by atoms with Crippen LogP contribution in [0.4, 0.5) is 10.5 Å². The Bertz CT molecular complexity index is 1130. The number of thioether (sulfide) groups is 1. The highest BCUT2D eigenvalue weighted by atomic mass is 35.5. The van der Waals surface area contributed by atoms with Gasteiger partial charge in [-0.1, -0.05) is 11.6 Å². The number of carbonyl (C=O) groups excluding carboxylic acids is 3. The minimum absolute atomic E-state index is 0.0314. The topological polar surface area (TPSA) is 131 Å². The van der Waals surface area contributed by atoms with Crippen LogP contribution in [0, 0.1) is 0 Å². The van der Waals surface area contributed by atoms with Crippen molar-refractivity contribution in [2.75, 3.05) is 11.1 Å². The lowest BCUT2D eigenvalue weighted by Gasteiger charge is -2.23. The highest BCUT2D eigenvalue weighted by Gasteiger charge is 2.28. The van der Waals surface area contributed by atoms with Gasteiger partial charge in [-0.05, 0) is 69.3 Å². The number of rotatable bonds is 8. The largest absolute Gasteiger partial charge is 0.444 e. The molecule has 0 aromatic heterocycles. The molecular formula is C22H26ClN3O6S2. The van der Waals surface area contributed by atoms with Gasteiger partial charge in [-0.25, -0.2) is 17.9 Å². The van der Waals surface area contributed by atoms with E-state index in [4.69, 9.17) is 16.3 Å². The van der Waals surface area contributed by atoms with Crippen LogP contribution in [0.25, 0.3) is 0 Å². The van der Waals surface area contributed by atoms with Crippen LogP contribution in [0.15, 0.2) is 58.3 Å². The van der Waals surface area contributed by atoms with Crippen molar-refractivity contribution in [2.45, 2.75) is 49.1 Å². The molecule has 0 aliphatic rings. The van der Waals surface area contributed by atoms with Crippen molar-refractivity contribution in [1.82, 2.24) is 10.0 Å². The van der Waals surface area contributed by atoms with Crippen LogP contribution in [0.3, 0.4) is 0 Å². The molecule has 0 spiro atoms. The fraction of sp³-hybridized carbons (Fsp3) is 0.318. The van der Waals surface area contributed by atoms with Gasteiger partial charge < -0.3 is 15.4 Å². The number of ether oxygens (including phenoxy) is 1. The lowest BCUT2D eigenvalue weighted by atomic mass is 10.2. The number of nitrogens with one attached hydrogen (secondary N) is 3. The fourth-order valence-corrected chi connectivity index (χ4v) is 4.59. The van der Waals surface area contributed by atoms with Crippen molar-refractivity contribution in [3.05, 3.63) is 53.6 Å². The lowest BCUT2D eigenvalue weighted by Crippen LogP contribution is -2.50. The fourth-order valence-electron chi connectivity index (χ4n) is 2.53. The third-order valence-electron chi connectivity index (χ3n) is 3.96. The van der Waals surface area contributed by atoms with Crippen LogP contribution in [-0.2, 0) is 24.3 Å². The number of benzene rings is 2. The van der Waals surface area contributed by atoms with Gasteiger partial charge >= 0.3 is 6.09 Å². The van der Waals surface area contributed by atoms with Crippen molar-refractivity contribution in [1.29, 1.82) is 0 Å². The molecule has 0 radical (unpaired) electrons. The first-order chi connectivity index (χ1) is 15.7. The van der Waals surface area contributed by atoms with Crippen molar-refractivity contribution >= 4 is 57.0 Å². The first-order valence-corrected chi connectivity index (χ1v) is 12.9. The molecule has 0 bridgehead atoms. The number of anilines is 1. The zero-order chi connectivity index (χ0) is 25.5. The first-order valence-electron chi connectivity index (χ1n) is 10.1. The third kappa shape index (κ3) is 9.24. The maximum absolute atomic E-state index is 12.9. The number of carbonyl (C=O) groups is 3. The summed E-state index contributed by atoms with van der Waals surface area (Å²) < 4.78 is 32.6. The van der Waals surface area contributed by atoms with Crippen molar-refractivity contribution in [3.63, 3.8) is 0 Å². The minimum Gasteiger partial charge on any atom is -0.444 e. The molecule has 0 fully saturated rings. The van der Waals surface area contributed by atoms with Crippen molar-refractivity contribution in [2.24, 2.45) is 0 Å². The van der Waals surface area contributed by atoms with Gasteiger partial charge in [0.25, 0.3) is 15.9 Å². The van der Waals surface area contributed by atoms with E-state index in [2.05, 4.69) is 10.6 Å². The van der Waals surface area contributed by atoms with Crippen LogP contribution in [0.2, 0.25) is 5.02 Å². The Kier molecular flexibility index (Phi) is 9.37. The summed E-state index contributed by atoms with van der Waals surface area (Å²) in [4.78, 5) is 36.9. The minimum atomic E-state index is -4.24. The average molecular weight is 528 g/mol. The van der Waals surface area contributed by atoms with E-state index in [9.17, 15) is 22.8 Å². The molecule has 9 nitrogen and oxygen atoms in total. The maximum Gasteiger partial charge on any atom is 0.408 e.